The van der Waals surface area contributed by atoms with Crippen molar-refractivity contribution in [3.8, 4) is 22.0 Å². The van der Waals surface area contributed by atoms with Crippen molar-refractivity contribution in [1.29, 1.82) is 0 Å². The minimum atomic E-state index is 0.754. The minimum Gasteiger partial charge on any atom is -0.378 e. The molecule has 5 nitrogen and oxygen atoms in total. The highest BCUT2D eigenvalue weighted by atomic mass is 79.9. The first kappa shape index (κ1) is 15.3. The van der Waals surface area contributed by atoms with Crippen LogP contribution >= 0.6 is 27.3 Å². The fourth-order valence-corrected chi connectivity index (χ4v) is 3.93. The van der Waals surface area contributed by atoms with E-state index in [4.69, 9.17) is 5.10 Å². The Kier molecular flexibility index (Phi) is 3.82. The molecule has 7 heteroatoms. The summed E-state index contributed by atoms with van der Waals surface area (Å²) in [4.78, 5) is 2.85. The number of halogens is 1. The predicted molar refractivity (Wildman–Crippen MR) is 102 cm³/mol. The van der Waals surface area contributed by atoms with Crippen LogP contribution in [0.1, 0.15) is 0 Å². The maximum absolute atomic E-state index is 4.71. The third-order valence-corrected chi connectivity index (χ3v) is 5.36. The Morgan fingerprint density at radius 3 is 2.46 bits per heavy atom. The van der Waals surface area contributed by atoms with Gasteiger partial charge < -0.3 is 4.90 Å². The number of hydrogen-bond acceptors (Lipinski definition) is 5. The summed E-state index contributed by atoms with van der Waals surface area (Å²) >= 11 is 5.11. The van der Waals surface area contributed by atoms with Gasteiger partial charge in [0.25, 0.3) is 0 Å². The molecule has 0 amide bonds. The van der Waals surface area contributed by atoms with Crippen molar-refractivity contribution in [1.82, 2.24) is 19.8 Å². The first-order valence-corrected chi connectivity index (χ1v) is 8.99. The number of fused-ring (bicyclic) bond motifs is 1. The summed E-state index contributed by atoms with van der Waals surface area (Å²) in [5.74, 6) is 0.754. The van der Waals surface area contributed by atoms with E-state index in [-0.39, 0.29) is 0 Å². The van der Waals surface area contributed by atoms with E-state index in [0.29, 0.717) is 0 Å². The van der Waals surface area contributed by atoms with Crippen LogP contribution in [-0.4, -0.2) is 33.9 Å². The van der Waals surface area contributed by atoms with Crippen LogP contribution in [0.4, 0.5) is 5.69 Å². The first-order valence-electron chi connectivity index (χ1n) is 7.38. The van der Waals surface area contributed by atoms with Gasteiger partial charge in [0.1, 0.15) is 5.01 Å². The topological polar surface area (TPSA) is 46.3 Å². The highest BCUT2D eigenvalue weighted by Gasteiger charge is 2.15. The molecule has 0 aliphatic heterocycles. The quantitative estimate of drug-likeness (QED) is 0.513. The molecule has 0 N–H and O–H groups in total. The second kappa shape index (κ2) is 5.99. The Labute approximate surface area is 151 Å². The Bertz CT molecular complexity index is 1000. The first-order chi connectivity index (χ1) is 11.6. The fourth-order valence-electron chi connectivity index (χ4n) is 2.45. The average molecular weight is 400 g/mol. The van der Waals surface area contributed by atoms with Crippen LogP contribution in [0.3, 0.4) is 0 Å². The summed E-state index contributed by atoms with van der Waals surface area (Å²) in [5, 5.41) is 14.2. The van der Waals surface area contributed by atoms with E-state index < -0.39 is 0 Å². The van der Waals surface area contributed by atoms with Crippen molar-refractivity contribution in [2.75, 3.05) is 19.0 Å². The number of rotatable bonds is 3. The SMILES string of the molecule is CN(C)c1ccc(-c2nnc3sc(-c4ccccc4Br)nn23)cc1. The molecule has 0 unspecified atom stereocenters. The maximum Gasteiger partial charge on any atom is 0.235 e. The summed E-state index contributed by atoms with van der Waals surface area (Å²) in [6.45, 7) is 0. The third kappa shape index (κ3) is 2.59. The Hall–Kier alpha value is -2.25. The number of benzene rings is 2. The summed E-state index contributed by atoms with van der Waals surface area (Å²) < 4.78 is 2.83. The van der Waals surface area contributed by atoms with Crippen molar-refractivity contribution in [2.45, 2.75) is 0 Å². The maximum atomic E-state index is 4.71. The van der Waals surface area contributed by atoms with Gasteiger partial charge in [-0.15, -0.1) is 10.2 Å². The van der Waals surface area contributed by atoms with E-state index in [1.54, 1.807) is 0 Å². The monoisotopic (exact) mass is 399 g/mol. The Balaban J connectivity index is 1.79. The van der Waals surface area contributed by atoms with E-state index in [0.717, 1.165) is 37.1 Å². The summed E-state index contributed by atoms with van der Waals surface area (Å²) in [5.41, 5.74) is 3.20. The highest BCUT2D eigenvalue weighted by Crippen LogP contribution is 2.32. The largest absolute Gasteiger partial charge is 0.378 e. The van der Waals surface area contributed by atoms with Crippen LogP contribution in [0.2, 0.25) is 0 Å². The zero-order valence-corrected chi connectivity index (χ0v) is 15.5. The van der Waals surface area contributed by atoms with Gasteiger partial charge in [-0.3, -0.25) is 0 Å². The average Bonchev–Trinajstić information content (AvgIpc) is 3.16. The molecule has 2 aromatic carbocycles. The smallest absolute Gasteiger partial charge is 0.235 e. The molecule has 4 aromatic rings. The van der Waals surface area contributed by atoms with Crippen LogP contribution in [-0.2, 0) is 0 Å². The van der Waals surface area contributed by atoms with Crippen LogP contribution in [0.25, 0.3) is 26.9 Å². The zero-order valence-electron chi connectivity index (χ0n) is 13.1. The van der Waals surface area contributed by atoms with E-state index in [2.05, 4.69) is 43.2 Å². The van der Waals surface area contributed by atoms with E-state index >= 15 is 0 Å². The van der Waals surface area contributed by atoms with Gasteiger partial charge in [0.2, 0.25) is 4.96 Å². The zero-order chi connectivity index (χ0) is 16.7. The Morgan fingerprint density at radius 1 is 1.00 bits per heavy atom. The van der Waals surface area contributed by atoms with Gasteiger partial charge in [-0.1, -0.05) is 45.5 Å². The standard InChI is InChI=1S/C17H14BrN5S/c1-22(2)12-9-7-11(8-10-12)15-19-20-17-23(15)21-16(24-17)13-5-3-4-6-14(13)18/h3-10H,1-2H3. The molecule has 0 saturated heterocycles. The van der Waals surface area contributed by atoms with Crippen LogP contribution in [0, 0.1) is 0 Å². The lowest BCUT2D eigenvalue weighted by molar-refractivity contribution is 0.970. The summed E-state index contributed by atoms with van der Waals surface area (Å²) in [6, 6.07) is 16.3. The van der Waals surface area contributed by atoms with Gasteiger partial charge in [0, 0.05) is 35.4 Å². The molecular weight excluding hydrogens is 386 g/mol. The van der Waals surface area contributed by atoms with E-state index in [1.807, 2.05) is 55.0 Å². The minimum absolute atomic E-state index is 0.754. The van der Waals surface area contributed by atoms with E-state index in [1.165, 1.54) is 11.3 Å². The number of nitrogens with zero attached hydrogens (tertiary/aromatic N) is 5. The predicted octanol–water partition coefficient (Wildman–Crippen LogP) is 4.35. The van der Waals surface area contributed by atoms with Crippen LogP contribution in [0.15, 0.2) is 53.0 Å². The third-order valence-electron chi connectivity index (χ3n) is 3.74. The van der Waals surface area contributed by atoms with Gasteiger partial charge in [0.05, 0.1) is 0 Å². The molecule has 120 valence electrons. The van der Waals surface area contributed by atoms with Gasteiger partial charge >= 0.3 is 0 Å². The van der Waals surface area contributed by atoms with Crippen molar-refractivity contribution in [3.05, 3.63) is 53.0 Å². The molecule has 0 radical (unpaired) electrons. The normalized spacial score (nSPS) is 11.1. The lowest BCUT2D eigenvalue weighted by atomic mass is 10.2. The van der Waals surface area contributed by atoms with Gasteiger partial charge in [-0.05, 0) is 30.3 Å². The van der Waals surface area contributed by atoms with Gasteiger partial charge in [-0.2, -0.15) is 9.61 Å². The highest BCUT2D eigenvalue weighted by molar-refractivity contribution is 9.10. The molecular formula is C17H14BrN5S. The molecule has 24 heavy (non-hydrogen) atoms. The van der Waals surface area contributed by atoms with Crippen molar-refractivity contribution < 1.29 is 0 Å². The molecule has 0 saturated carbocycles. The molecule has 0 aliphatic carbocycles. The van der Waals surface area contributed by atoms with Crippen LogP contribution < -0.4 is 4.90 Å². The van der Waals surface area contributed by atoms with Crippen molar-refractivity contribution in [3.63, 3.8) is 0 Å². The van der Waals surface area contributed by atoms with E-state index in [9.17, 15) is 0 Å². The molecule has 2 aromatic heterocycles. The van der Waals surface area contributed by atoms with Crippen molar-refractivity contribution >= 4 is 37.9 Å². The number of anilines is 1. The molecule has 2 heterocycles. The number of hydrogen-bond donors (Lipinski definition) is 0. The molecule has 0 atom stereocenters. The van der Waals surface area contributed by atoms with Crippen molar-refractivity contribution in [2.24, 2.45) is 0 Å². The lowest BCUT2D eigenvalue weighted by Gasteiger charge is -2.11. The second-order valence-electron chi connectivity index (χ2n) is 5.55. The van der Waals surface area contributed by atoms with Crippen LogP contribution in [0.5, 0.6) is 0 Å². The fraction of sp³-hybridized carbons (Fsp3) is 0.118. The molecule has 0 fully saturated rings. The second-order valence-corrected chi connectivity index (χ2v) is 7.36. The summed E-state index contributed by atoms with van der Waals surface area (Å²) in [7, 11) is 4.05. The summed E-state index contributed by atoms with van der Waals surface area (Å²) in [6.07, 6.45) is 0. The molecule has 4 rings (SSSR count). The molecule has 0 spiro atoms. The van der Waals surface area contributed by atoms with Gasteiger partial charge in [0.15, 0.2) is 5.82 Å². The van der Waals surface area contributed by atoms with Gasteiger partial charge in [-0.25, -0.2) is 0 Å². The molecule has 0 aliphatic rings. The number of aromatic nitrogens is 4. The molecule has 0 bridgehead atoms. The Morgan fingerprint density at radius 2 is 1.75 bits per heavy atom. The lowest BCUT2D eigenvalue weighted by Crippen LogP contribution is -2.08.